The number of nitrogens with two attached hydrogens (primary N) is 1. The minimum Gasteiger partial charge on any atom is -0.366 e. The van der Waals surface area contributed by atoms with Crippen LogP contribution in [-0.4, -0.2) is 36.3 Å². The maximum Gasteiger partial charge on any atom is 0.248 e. The van der Waals surface area contributed by atoms with Gasteiger partial charge in [0.25, 0.3) is 0 Å². The standard InChI is InChI=1S/C14H19N3O2/c15-14(19)11-3-5-12(6-4-11)16-13(18)7-10-17-8-1-2-9-17/h3-6H,1-2,7-10H2,(H2,15,19)(H,16,18). The molecule has 0 bridgehead atoms. The van der Waals surface area contributed by atoms with Gasteiger partial charge in [-0.05, 0) is 50.2 Å². The molecule has 0 unspecified atom stereocenters. The van der Waals surface area contributed by atoms with E-state index in [9.17, 15) is 9.59 Å². The van der Waals surface area contributed by atoms with E-state index < -0.39 is 5.91 Å². The van der Waals surface area contributed by atoms with E-state index in [1.165, 1.54) is 12.8 Å². The Morgan fingerprint density at radius 3 is 2.37 bits per heavy atom. The van der Waals surface area contributed by atoms with Gasteiger partial charge in [0.1, 0.15) is 0 Å². The number of nitrogens with one attached hydrogen (secondary N) is 1. The summed E-state index contributed by atoms with van der Waals surface area (Å²) in [6.45, 7) is 3.01. The molecule has 1 saturated heterocycles. The van der Waals surface area contributed by atoms with Crippen LogP contribution in [0.1, 0.15) is 29.6 Å². The second kappa shape index (κ2) is 6.33. The van der Waals surface area contributed by atoms with Gasteiger partial charge in [-0.3, -0.25) is 9.59 Å². The van der Waals surface area contributed by atoms with E-state index >= 15 is 0 Å². The van der Waals surface area contributed by atoms with Crippen LogP contribution in [0.2, 0.25) is 0 Å². The first-order chi connectivity index (χ1) is 9.15. The fourth-order valence-corrected chi connectivity index (χ4v) is 2.21. The first kappa shape index (κ1) is 13.5. The summed E-state index contributed by atoms with van der Waals surface area (Å²) in [5.41, 5.74) is 6.28. The van der Waals surface area contributed by atoms with Crippen LogP contribution in [0, 0.1) is 0 Å². The Morgan fingerprint density at radius 1 is 1.16 bits per heavy atom. The molecular formula is C14H19N3O2. The summed E-state index contributed by atoms with van der Waals surface area (Å²) in [6, 6.07) is 6.60. The van der Waals surface area contributed by atoms with Gasteiger partial charge < -0.3 is 16.0 Å². The van der Waals surface area contributed by atoms with Gasteiger partial charge in [0.2, 0.25) is 11.8 Å². The fraction of sp³-hybridized carbons (Fsp3) is 0.429. The number of carbonyl (C=O) groups is 2. The van der Waals surface area contributed by atoms with E-state index in [1.807, 2.05) is 0 Å². The first-order valence-corrected chi connectivity index (χ1v) is 6.57. The summed E-state index contributed by atoms with van der Waals surface area (Å²) < 4.78 is 0. The van der Waals surface area contributed by atoms with Crippen molar-refractivity contribution >= 4 is 17.5 Å². The van der Waals surface area contributed by atoms with Crippen molar-refractivity contribution < 1.29 is 9.59 Å². The molecule has 0 saturated carbocycles. The topological polar surface area (TPSA) is 75.4 Å². The fourth-order valence-electron chi connectivity index (χ4n) is 2.21. The number of hydrogen-bond acceptors (Lipinski definition) is 3. The first-order valence-electron chi connectivity index (χ1n) is 6.57. The summed E-state index contributed by atoms with van der Waals surface area (Å²) in [5, 5.41) is 2.81. The number of carbonyl (C=O) groups excluding carboxylic acids is 2. The number of nitrogens with zero attached hydrogens (tertiary/aromatic N) is 1. The SMILES string of the molecule is NC(=O)c1ccc(NC(=O)CCN2CCCC2)cc1. The van der Waals surface area contributed by atoms with E-state index in [0.29, 0.717) is 17.7 Å². The van der Waals surface area contributed by atoms with Crippen molar-refractivity contribution in [3.8, 4) is 0 Å². The highest BCUT2D eigenvalue weighted by Crippen LogP contribution is 2.11. The molecule has 1 fully saturated rings. The van der Waals surface area contributed by atoms with Crippen LogP contribution in [0.5, 0.6) is 0 Å². The van der Waals surface area contributed by atoms with Crippen molar-refractivity contribution in [2.45, 2.75) is 19.3 Å². The molecule has 5 heteroatoms. The molecule has 2 amide bonds. The van der Waals surface area contributed by atoms with Gasteiger partial charge in [-0.15, -0.1) is 0 Å². The molecule has 3 N–H and O–H groups in total. The van der Waals surface area contributed by atoms with Crippen LogP contribution in [0.25, 0.3) is 0 Å². The number of likely N-dealkylation sites (tertiary alicyclic amines) is 1. The van der Waals surface area contributed by atoms with Crippen molar-refractivity contribution in [2.24, 2.45) is 5.73 Å². The largest absolute Gasteiger partial charge is 0.366 e. The lowest BCUT2D eigenvalue weighted by Crippen LogP contribution is -2.25. The van der Waals surface area contributed by atoms with Crippen LogP contribution in [0.3, 0.4) is 0 Å². The summed E-state index contributed by atoms with van der Waals surface area (Å²) >= 11 is 0. The number of hydrogen-bond donors (Lipinski definition) is 2. The normalized spacial score (nSPS) is 15.4. The Balaban J connectivity index is 1.79. The van der Waals surface area contributed by atoms with E-state index in [4.69, 9.17) is 5.73 Å². The lowest BCUT2D eigenvalue weighted by molar-refractivity contribution is -0.116. The zero-order chi connectivity index (χ0) is 13.7. The molecule has 1 aromatic carbocycles. The van der Waals surface area contributed by atoms with Gasteiger partial charge in [0.05, 0.1) is 0 Å². The Labute approximate surface area is 112 Å². The Morgan fingerprint density at radius 2 is 1.79 bits per heavy atom. The Hall–Kier alpha value is -1.88. The van der Waals surface area contributed by atoms with Crippen molar-refractivity contribution in [2.75, 3.05) is 25.0 Å². The maximum absolute atomic E-state index is 11.8. The number of anilines is 1. The molecule has 102 valence electrons. The molecule has 5 nitrogen and oxygen atoms in total. The quantitative estimate of drug-likeness (QED) is 0.836. The monoisotopic (exact) mass is 261 g/mol. The number of primary amides is 1. The van der Waals surface area contributed by atoms with Gasteiger partial charge in [-0.1, -0.05) is 0 Å². The number of benzene rings is 1. The van der Waals surface area contributed by atoms with Crippen molar-refractivity contribution in [1.29, 1.82) is 0 Å². The minimum absolute atomic E-state index is 0.00118. The highest BCUT2D eigenvalue weighted by Gasteiger charge is 2.12. The summed E-state index contributed by atoms with van der Waals surface area (Å²) in [5.74, 6) is -0.467. The number of rotatable bonds is 5. The van der Waals surface area contributed by atoms with Gasteiger partial charge in [0, 0.05) is 24.2 Å². The Kier molecular flexibility index (Phi) is 4.52. The Bertz CT molecular complexity index is 450. The third kappa shape index (κ3) is 4.06. The molecule has 0 atom stereocenters. The smallest absolute Gasteiger partial charge is 0.248 e. The van der Waals surface area contributed by atoms with E-state index in [2.05, 4.69) is 10.2 Å². The average molecular weight is 261 g/mol. The molecular weight excluding hydrogens is 242 g/mol. The van der Waals surface area contributed by atoms with Crippen molar-refractivity contribution in [3.63, 3.8) is 0 Å². The molecule has 0 spiro atoms. The van der Waals surface area contributed by atoms with Crippen LogP contribution >= 0.6 is 0 Å². The van der Waals surface area contributed by atoms with Crippen LogP contribution in [0.4, 0.5) is 5.69 Å². The second-order valence-electron chi connectivity index (χ2n) is 4.79. The zero-order valence-corrected chi connectivity index (χ0v) is 10.9. The van der Waals surface area contributed by atoms with Gasteiger partial charge >= 0.3 is 0 Å². The van der Waals surface area contributed by atoms with Gasteiger partial charge in [-0.2, -0.15) is 0 Å². The highest BCUT2D eigenvalue weighted by atomic mass is 16.2. The maximum atomic E-state index is 11.8. The third-order valence-corrected chi connectivity index (χ3v) is 3.31. The number of amides is 2. The van der Waals surface area contributed by atoms with E-state index in [1.54, 1.807) is 24.3 Å². The lowest BCUT2D eigenvalue weighted by Gasteiger charge is -2.13. The zero-order valence-electron chi connectivity index (χ0n) is 10.9. The molecule has 1 aromatic rings. The van der Waals surface area contributed by atoms with E-state index in [-0.39, 0.29) is 5.91 Å². The molecule has 1 aliphatic rings. The molecule has 0 aromatic heterocycles. The second-order valence-corrected chi connectivity index (χ2v) is 4.79. The van der Waals surface area contributed by atoms with Gasteiger partial charge in [0.15, 0.2) is 0 Å². The summed E-state index contributed by atoms with van der Waals surface area (Å²) in [4.78, 5) is 25.0. The van der Waals surface area contributed by atoms with Crippen LogP contribution < -0.4 is 11.1 Å². The molecule has 0 aliphatic carbocycles. The summed E-state index contributed by atoms with van der Waals surface area (Å²) in [7, 11) is 0. The van der Waals surface area contributed by atoms with Crippen molar-refractivity contribution in [1.82, 2.24) is 4.90 Å². The predicted molar refractivity (Wildman–Crippen MR) is 73.9 cm³/mol. The van der Waals surface area contributed by atoms with Crippen LogP contribution in [-0.2, 0) is 4.79 Å². The highest BCUT2D eigenvalue weighted by molar-refractivity contribution is 5.94. The summed E-state index contributed by atoms with van der Waals surface area (Å²) in [6.07, 6.45) is 2.96. The average Bonchev–Trinajstić information content (AvgIpc) is 2.90. The molecule has 19 heavy (non-hydrogen) atoms. The third-order valence-electron chi connectivity index (χ3n) is 3.31. The predicted octanol–water partition coefficient (Wildman–Crippen LogP) is 1.21. The molecule has 0 radical (unpaired) electrons. The molecule has 1 aliphatic heterocycles. The molecule has 2 rings (SSSR count). The van der Waals surface area contributed by atoms with Crippen molar-refractivity contribution in [3.05, 3.63) is 29.8 Å². The van der Waals surface area contributed by atoms with Gasteiger partial charge in [-0.25, -0.2) is 0 Å². The molecule has 1 heterocycles. The van der Waals surface area contributed by atoms with E-state index in [0.717, 1.165) is 19.6 Å². The minimum atomic E-state index is -0.466. The lowest BCUT2D eigenvalue weighted by atomic mass is 10.2. The van der Waals surface area contributed by atoms with Crippen LogP contribution in [0.15, 0.2) is 24.3 Å².